The van der Waals surface area contributed by atoms with Crippen LogP contribution in [-0.2, 0) is 14.5 Å². The van der Waals surface area contributed by atoms with Gasteiger partial charge in [0, 0.05) is 0 Å². The molecule has 0 saturated heterocycles. The van der Waals surface area contributed by atoms with Crippen molar-refractivity contribution in [2.45, 2.75) is 13.1 Å². The fourth-order valence-corrected chi connectivity index (χ4v) is 1.64. The van der Waals surface area contributed by atoms with Crippen molar-refractivity contribution in [2.24, 2.45) is 0 Å². The second kappa shape index (κ2) is 6.69. The topological polar surface area (TPSA) is 132 Å². The first kappa shape index (κ1) is 17.8. The van der Waals surface area contributed by atoms with Gasteiger partial charge in [0.25, 0.3) is 0 Å². The number of halogens is 3. The number of aromatic nitrogens is 3. The van der Waals surface area contributed by atoms with Gasteiger partial charge in [0.2, 0.25) is 5.95 Å². The van der Waals surface area contributed by atoms with Gasteiger partial charge < -0.3 is 4.74 Å². The summed E-state index contributed by atoms with van der Waals surface area (Å²) < 4.78 is 67.2. The van der Waals surface area contributed by atoms with Crippen molar-refractivity contribution in [2.75, 3.05) is 19.0 Å². The SMILES string of the molecule is COc1nc(C)nc(NC(=O)NS(=O)(=O)OCC(F)(F)F)n1. The molecule has 1 aromatic heterocycles. The van der Waals surface area contributed by atoms with Crippen LogP contribution in [-0.4, -0.2) is 49.3 Å². The summed E-state index contributed by atoms with van der Waals surface area (Å²) in [5, 5.41) is 1.88. The predicted octanol–water partition coefficient (Wildman–Crippen LogP) is 0.134. The van der Waals surface area contributed by atoms with Crippen LogP contribution < -0.4 is 14.8 Å². The molecule has 0 fully saturated rings. The summed E-state index contributed by atoms with van der Waals surface area (Å²) in [5.41, 5.74) is 0. The molecule has 1 aromatic rings. The molecule has 0 atom stereocenters. The Bertz CT molecular complexity index is 650. The van der Waals surface area contributed by atoms with Crippen LogP contribution in [0, 0.1) is 6.92 Å². The number of hydrogen-bond donors (Lipinski definition) is 2. The minimum atomic E-state index is -4.94. The third-order valence-corrected chi connectivity index (χ3v) is 2.59. The minimum absolute atomic E-state index is 0.151. The van der Waals surface area contributed by atoms with Gasteiger partial charge in [-0.1, -0.05) is 0 Å². The van der Waals surface area contributed by atoms with Crippen molar-refractivity contribution in [3.8, 4) is 6.01 Å². The summed E-state index contributed by atoms with van der Waals surface area (Å²) in [6.07, 6.45) is -4.87. The van der Waals surface area contributed by atoms with Gasteiger partial charge in [0.1, 0.15) is 5.82 Å². The Kier molecular flexibility index (Phi) is 5.43. The summed E-state index contributed by atoms with van der Waals surface area (Å²) in [7, 11) is -3.70. The van der Waals surface area contributed by atoms with E-state index in [1.165, 1.54) is 18.8 Å². The van der Waals surface area contributed by atoms with E-state index in [0.29, 0.717) is 0 Å². The Morgan fingerprint density at radius 2 is 1.91 bits per heavy atom. The smallest absolute Gasteiger partial charge is 0.413 e. The average Bonchev–Trinajstić information content (AvgIpc) is 2.34. The second-order valence-corrected chi connectivity index (χ2v) is 4.93. The number of carbonyl (C=O) groups is 1. The quantitative estimate of drug-likeness (QED) is 0.770. The zero-order chi connectivity index (χ0) is 17.0. The normalized spacial score (nSPS) is 11.9. The maximum atomic E-state index is 11.8. The highest BCUT2D eigenvalue weighted by molar-refractivity contribution is 7.85. The molecule has 0 aliphatic carbocycles. The van der Waals surface area contributed by atoms with Crippen molar-refractivity contribution < 1.29 is 35.3 Å². The Balaban J connectivity index is 2.68. The van der Waals surface area contributed by atoms with Crippen molar-refractivity contribution >= 4 is 22.3 Å². The highest BCUT2D eigenvalue weighted by atomic mass is 32.2. The Hall–Kier alpha value is -2.22. The third-order valence-electron chi connectivity index (χ3n) is 1.73. The molecule has 2 N–H and O–H groups in total. The van der Waals surface area contributed by atoms with Crippen molar-refractivity contribution in [3.05, 3.63) is 5.82 Å². The van der Waals surface area contributed by atoms with E-state index in [9.17, 15) is 26.4 Å². The van der Waals surface area contributed by atoms with Crippen LogP contribution in [0.15, 0.2) is 0 Å². The minimum Gasteiger partial charge on any atom is -0.467 e. The highest BCUT2D eigenvalue weighted by Gasteiger charge is 2.31. The maximum absolute atomic E-state index is 11.8. The molecule has 0 unspecified atom stereocenters. The van der Waals surface area contributed by atoms with E-state index in [-0.39, 0.29) is 17.8 Å². The number of urea groups is 1. The van der Waals surface area contributed by atoms with E-state index in [2.05, 4.69) is 19.1 Å². The first-order valence-electron chi connectivity index (χ1n) is 5.32. The van der Waals surface area contributed by atoms with Crippen LogP contribution in [0.1, 0.15) is 5.82 Å². The predicted molar refractivity (Wildman–Crippen MR) is 64.2 cm³/mol. The first-order chi connectivity index (χ1) is 10.0. The van der Waals surface area contributed by atoms with E-state index in [1.54, 1.807) is 0 Å². The molecule has 1 rings (SSSR count). The average molecular weight is 345 g/mol. The molecule has 14 heteroatoms. The fraction of sp³-hybridized carbons (Fsp3) is 0.500. The van der Waals surface area contributed by atoms with Gasteiger partial charge in [-0.25, -0.2) is 13.7 Å². The van der Waals surface area contributed by atoms with Gasteiger partial charge >= 0.3 is 28.5 Å². The summed E-state index contributed by atoms with van der Waals surface area (Å²) in [5.74, 6) is -0.216. The van der Waals surface area contributed by atoms with E-state index in [0.717, 1.165) is 0 Å². The van der Waals surface area contributed by atoms with Crippen LogP contribution in [0.25, 0.3) is 0 Å². The van der Waals surface area contributed by atoms with Crippen molar-refractivity contribution in [1.82, 2.24) is 19.7 Å². The molecule has 0 aromatic carbocycles. The molecule has 0 radical (unpaired) electrons. The number of nitrogens with one attached hydrogen (secondary N) is 2. The van der Waals surface area contributed by atoms with Gasteiger partial charge in [-0.3, -0.25) is 5.32 Å². The first-order valence-corrected chi connectivity index (χ1v) is 6.73. The summed E-state index contributed by atoms with van der Waals surface area (Å²) in [6, 6.07) is -1.58. The largest absolute Gasteiger partial charge is 0.467 e. The van der Waals surface area contributed by atoms with Crippen LogP contribution in [0.4, 0.5) is 23.9 Å². The van der Waals surface area contributed by atoms with Gasteiger partial charge in [-0.05, 0) is 6.92 Å². The molecule has 2 amide bonds. The van der Waals surface area contributed by atoms with Crippen molar-refractivity contribution in [1.29, 1.82) is 0 Å². The number of methoxy groups -OCH3 is 1. The lowest BCUT2D eigenvalue weighted by atomic mass is 10.7. The number of alkyl halides is 3. The maximum Gasteiger partial charge on any atom is 0.413 e. The number of ether oxygens (including phenoxy) is 1. The Morgan fingerprint density at radius 1 is 1.27 bits per heavy atom. The summed E-state index contributed by atoms with van der Waals surface area (Å²) in [6.45, 7) is -0.634. The monoisotopic (exact) mass is 345 g/mol. The fourth-order valence-electron chi connectivity index (χ4n) is 1.02. The zero-order valence-corrected chi connectivity index (χ0v) is 11.9. The third kappa shape index (κ3) is 6.49. The van der Waals surface area contributed by atoms with E-state index in [4.69, 9.17) is 4.74 Å². The highest BCUT2D eigenvalue weighted by Crippen LogP contribution is 2.15. The van der Waals surface area contributed by atoms with Gasteiger partial charge in [0.15, 0.2) is 6.61 Å². The molecule has 0 bridgehead atoms. The van der Waals surface area contributed by atoms with Gasteiger partial charge in [0.05, 0.1) is 7.11 Å². The molecule has 124 valence electrons. The van der Waals surface area contributed by atoms with Crippen molar-refractivity contribution in [3.63, 3.8) is 0 Å². The lowest BCUT2D eigenvalue weighted by Crippen LogP contribution is -2.37. The number of amides is 2. The van der Waals surface area contributed by atoms with Crippen LogP contribution in [0.3, 0.4) is 0 Å². The summed E-state index contributed by atoms with van der Waals surface area (Å²) in [4.78, 5) is 22.3. The lowest BCUT2D eigenvalue weighted by molar-refractivity contribution is -0.152. The second-order valence-electron chi connectivity index (χ2n) is 3.58. The van der Waals surface area contributed by atoms with E-state index in [1.807, 2.05) is 5.32 Å². The number of rotatable bonds is 5. The lowest BCUT2D eigenvalue weighted by Gasteiger charge is -2.10. The number of anilines is 1. The molecule has 0 saturated carbocycles. The molecule has 10 nitrogen and oxygen atoms in total. The number of carbonyl (C=O) groups excluding carboxylic acids is 1. The van der Waals surface area contributed by atoms with Crippen LogP contribution in [0.2, 0.25) is 0 Å². The Labute approximate surface area is 122 Å². The number of aryl methyl sites for hydroxylation is 1. The molecule has 1 heterocycles. The Morgan fingerprint density at radius 3 is 2.45 bits per heavy atom. The van der Waals surface area contributed by atoms with E-state index >= 15 is 0 Å². The molecule has 0 spiro atoms. The molecular weight excluding hydrogens is 335 g/mol. The van der Waals surface area contributed by atoms with Crippen LogP contribution >= 0.6 is 0 Å². The van der Waals surface area contributed by atoms with Gasteiger partial charge in [-0.2, -0.15) is 36.5 Å². The van der Waals surface area contributed by atoms with E-state index < -0.39 is 29.1 Å². The molecule has 0 aliphatic heterocycles. The number of nitrogens with zero attached hydrogens (tertiary/aromatic N) is 3. The summed E-state index contributed by atoms with van der Waals surface area (Å²) >= 11 is 0. The number of hydrogen-bond acceptors (Lipinski definition) is 8. The molecule has 22 heavy (non-hydrogen) atoms. The molecular formula is C8H10F3N5O5S. The molecule has 0 aliphatic rings. The van der Waals surface area contributed by atoms with Crippen LogP contribution in [0.5, 0.6) is 6.01 Å². The zero-order valence-electron chi connectivity index (χ0n) is 11.1. The standard InChI is InChI=1S/C8H10F3N5O5S/c1-4-12-5(15-7(13-4)20-2)14-6(17)16-22(18,19)21-3-8(9,10)11/h3H2,1-2H3,(H2,12,13,14,15,16,17). The van der Waals surface area contributed by atoms with Gasteiger partial charge in [-0.15, -0.1) is 0 Å².